The number of carbonyl (C=O) groups is 1. The van der Waals surface area contributed by atoms with Crippen molar-refractivity contribution in [2.75, 3.05) is 0 Å². The zero-order chi connectivity index (χ0) is 23.1. The van der Waals surface area contributed by atoms with Crippen LogP contribution in [0.3, 0.4) is 0 Å². The minimum absolute atomic E-state index is 0.00546. The van der Waals surface area contributed by atoms with Crippen LogP contribution in [0.5, 0.6) is 5.75 Å². The second-order valence-electron chi connectivity index (χ2n) is 8.29. The lowest BCUT2D eigenvalue weighted by Crippen LogP contribution is -2.51. The molecule has 0 bridgehead atoms. The van der Waals surface area contributed by atoms with Crippen molar-refractivity contribution in [3.63, 3.8) is 0 Å². The van der Waals surface area contributed by atoms with E-state index >= 15 is 0 Å². The van der Waals surface area contributed by atoms with E-state index in [1.54, 1.807) is 26.0 Å². The number of carbonyl (C=O) groups excluding carboxylic acids is 1. The van der Waals surface area contributed by atoms with Gasteiger partial charge >= 0.3 is 0 Å². The Morgan fingerprint density at radius 2 is 1.94 bits per heavy atom. The number of allylic oxidation sites excluding steroid dienone is 4. The molecule has 0 saturated heterocycles. The van der Waals surface area contributed by atoms with E-state index < -0.39 is 11.4 Å². The molecule has 0 spiro atoms. The van der Waals surface area contributed by atoms with E-state index in [4.69, 9.17) is 16.3 Å². The summed E-state index contributed by atoms with van der Waals surface area (Å²) in [7, 11) is 0. The van der Waals surface area contributed by atoms with E-state index in [1.807, 2.05) is 61.6 Å². The first-order valence-electron chi connectivity index (χ1n) is 10.5. The van der Waals surface area contributed by atoms with Crippen LogP contribution in [0.4, 0.5) is 4.39 Å². The van der Waals surface area contributed by atoms with Gasteiger partial charge in [-0.1, -0.05) is 48.0 Å². The Morgan fingerprint density at radius 3 is 2.66 bits per heavy atom. The third-order valence-electron chi connectivity index (χ3n) is 5.33. The normalized spacial score (nSPS) is 15.0. The number of hydrogen-bond donors (Lipinski definition) is 1. The van der Waals surface area contributed by atoms with Gasteiger partial charge in [0.15, 0.2) is 5.60 Å². The van der Waals surface area contributed by atoms with E-state index in [9.17, 15) is 9.18 Å². The smallest absolute Gasteiger partial charge is 0.263 e. The summed E-state index contributed by atoms with van der Waals surface area (Å²) >= 11 is 6.04. The average molecular weight is 452 g/mol. The molecule has 32 heavy (non-hydrogen) atoms. The molecule has 0 aromatic heterocycles. The molecule has 2 atom stereocenters. The molecule has 0 radical (unpaired) electrons. The zero-order valence-electron chi connectivity index (χ0n) is 18.4. The fourth-order valence-corrected chi connectivity index (χ4v) is 3.65. The van der Waals surface area contributed by atoms with Crippen molar-refractivity contribution >= 4 is 17.5 Å². The molecule has 0 saturated carbocycles. The lowest BCUT2D eigenvalue weighted by atomic mass is 9.85. The van der Waals surface area contributed by atoms with Crippen LogP contribution in [0.25, 0.3) is 0 Å². The van der Waals surface area contributed by atoms with Gasteiger partial charge in [-0.3, -0.25) is 4.79 Å². The number of amides is 1. The van der Waals surface area contributed by atoms with Gasteiger partial charge in [0.1, 0.15) is 11.6 Å². The second-order valence-corrected chi connectivity index (χ2v) is 8.73. The minimum atomic E-state index is -1.18. The van der Waals surface area contributed by atoms with Crippen LogP contribution in [0.1, 0.15) is 26.3 Å². The largest absolute Gasteiger partial charge is 0.478 e. The summed E-state index contributed by atoms with van der Waals surface area (Å²) in [6.45, 7) is 5.32. The molecular formula is C27H27ClFNO2. The summed E-state index contributed by atoms with van der Waals surface area (Å²) in [4.78, 5) is 13.1. The Labute approximate surface area is 193 Å². The highest BCUT2D eigenvalue weighted by Gasteiger charge is 2.33. The Hall–Kier alpha value is -3.07. The standard InChI is InChI=1S/C27H27ClFNO2/c1-19(30-26(31)27(2,3)32-24-12-8-11-23(29)18-24)25(21-9-6-4-5-7-10-21)17-20-13-15-22(28)16-14-20/h4,6-16,18-19,25H,17H2,1-3H3,(H,30,31). The van der Waals surface area contributed by atoms with Crippen LogP contribution in [0, 0.1) is 11.7 Å². The van der Waals surface area contributed by atoms with Gasteiger partial charge < -0.3 is 10.1 Å². The van der Waals surface area contributed by atoms with Gasteiger partial charge in [-0.05, 0) is 74.7 Å². The maximum atomic E-state index is 13.5. The van der Waals surface area contributed by atoms with E-state index in [0.29, 0.717) is 17.2 Å². The number of hydrogen-bond acceptors (Lipinski definition) is 2. The molecule has 1 N–H and O–H groups in total. The number of nitrogens with one attached hydrogen (secondary N) is 1. The fourth-order valence-electron chi connectivity index (χ4n) is 3.53. The first-order valence-corrected chi connectivity index (χ1v) is 10.9. The quantitative estimate of drug-likeness (QED) is 0.485. The second kappa shape index (κ2) is 10.5. The molecule has 2 aromatic rings. The van der Waals surface area contributed by atoms with E-state index in [2.05, 4.69) is 11.0 Å². The topological polar surface area (TPSA) is 38.3 Å². The highest BCUT2D eigenvalue weighted by atomic mass is 35.5. The zero-order valence-corrected chi connectivity index (χ0v) is 19.2. The van der Waals surface area contributed by atoms with Crippen molar-refractivity contribution in [2.24, 2.45) is 5.92 Å². The number of rotatable bonds is 8. The Balaban J connectivity index is 1.78. The average Bonchev–Trinajstić information content (AvgIpc) is 3.02. The van der Waals surface area contributed by atoms with Gasteiger partial charge in [-0.25, -0.2) is 4.39 Å². The van der Waals surface area contributed by atoms with Gasteiger partial charge in [0.2, 0.25) is 0 Å². The third kappa shape index (κ3) is 6.46. The molecule has 1 aliphatic rings. The molecule has 1 amide bonds. The van der Waals surface area contributed by atoms with Crippen molar-refractivity contribution < 1.29 is 13.9 Å². The van der Waals surface area contributed by atoms with Gasteiger partial charge in [-0.15, -0.1) is 5.73 Å². The van der Waals surface area contributed by atoms with Crippen LogP contribution in [0.15, 0.2) is 90.2 Å². The Morgan fingerprint density at radius 1 is 1.19 bits per heavy atom. The van der Waals surface area contributed by atoms with Gasteiger partial charge in [-0.2, -0.15) is 0 Å². The van der Waals surface area contributed by atoms with Crippen molar-refractivity contribution in [1.82, 2.24) is 5.32 Å². The van der Waals surface area contributed by atoms with Gasteiger partial charge in [0.05, 0.1) is 0 Å². The van der Waals surface area contributed by atoms with Crippen LogP contribution in [-0.4, -0.2) is 17.6 Å². The first kappa shape index (κ1) is 23.6. The van der Waals surface area contributed by atoms with Crippen LogP contribution in [-0.2, 0) is 11.2 Å². The molecule has 0 aliphatic heterocycles. The fraction of sp³-hybridized carbons (Fsp3) is 0.259. The molecule has 1 aliphatic carbocycles. The van der Waals surface area contributed by atoms with Crippen LogP contribution in [0.2, 0.25) is 5.02 Å². The maximum absolute atomic E-state index is 13.5. The lowest BCUT2D eigenvalue weighted by Gasteiger charge is -2.31. The minimum Gasteiger partial charge on any atom is -0.478 e. The van der Waals surface area contributed by atoms with E-state index in [0.717, 1.165) is 11.1 Å². The molecule has 0 fully saturated rings. The molecule has 0 heterocycles. The summed E-state index contributed by atoms with van der Waals surface area (Å²) in [6, 6.07) is 13.3. The van der Waals surface area contributed by atoms with Gasteiger partial charge in [0.25, 0.3) is 5.91 Å². The summed E-state index contributed by atoms with van der Waals surface area (Å²) in [6.07, 6.45) is 10.4. The maximum Gasteiger partial charge on any atom is 0.263 e. The van der Waals surface area contributed by atoms with Crippen molar-refractivity contribution in [3.8, 4) is 5.75 Å². The summed E-state index contributed by atoms with van der Waals surface area (Å²) < 4.78 is 19.3. The molecule has 166 valence electrons. The summed E-state index contributed by atoms with van der Waals surface area (Å²) in [5.74, 6) is -0.377. The first-order chi connectivity index (χ1) is 15.2. The lowest BCUT2D eigenvalue weighted by molar-refractivity contribution is -0.135. The number of benzene rings is 2. The van der Waals surface area contributed by atoms with Crippen molar-refractivity contribution in [1.29, 1.82) is 0 Å². The molecule has 2 unspecified atom stereocenters. The molecule has 2 aromatic carbocycles. The molecule has 5 heteroatoms. The van der Waals surface area contributed by atoms with E-state index in [1.165, 1.54) is 12.1 Å². The van der Waals surface area contributed by atoms with Crippen LogP contribution >= 0.6 is 11.6 Å². The number of ether oxygens (including phenoxy) is 1. The molecule has 3 nitrogen and oxygen atoms in total. The van der Waals surface area contributed by atoms with E-state index in [-0.39, 0.29) is 17.9 Å². The molecule has 3 rings (SSSR count). The third-order valence-corrected chi connectivity index (χ3v) is 5.58. The Bertz CT molecular complexity index is 1080. The van der Waals surface area contributed by atoms with Crippen LogP contribution < -0.4 is 10.1 Å². The highest BCUT2D eigenvalue weighted by molar-refractivity contribution is 6.30. The van der Waals surface area contributed by atoms with Crippen molar-refractivity contribution in [2.45, 2.75) is 38.8 Å². The summed E-state index contributed by atoms with van der Waals surface area (Å²) in [5, 5.41) is 3.79. The van der Waals surface area contributed by atoms with Crippen molar-refractivity contribution in [3.05, 3.63) is 107 Å². The predicted octanol–water partition coefficient (Wildman–Crippen LogP) is 6.21. The number of halogens is 2. The molecular weight excluding hydrogens is 425 g/mol. The monoisotopic (exact) mass is 451 g/mol. The SMILES string of the molecule is CC(NC(=O)C(C)(C)Oc1cccc(F)c1)C(Cc1ccc(Cl)cc1)C1=CC=C=CC=C1. The summed E-state index contributed by atoms with van der Waals surface area (Å²) in [5.41, 5.74) is 4.09. The van der Waals surface area contributed by atoms with Gasteiger partial charge in [0, 0.05) is 23.0 Å². The Kier molecular flexibility index (Phi) is 7.74. The predicted molar refractivity (Wildman–Crippen MR) is 127 cm³/mol. The highest BCUT2D eigenvalue weighted by Crippen LogP contribution is 2.26.